The van der Waals surface area contributed by atoms with Gasteiger partial charge in [-0.3, -0.25) is 9.59 Å². The minimum absolute atomic E-state index is 0.0302. The van der Waals surface area contributed by atoms with Crippen molar-refractivity contribution in [2.45, 2.75) is 38.8 Å². The van der Waals surface area contributed by atoms with E-state index in [1.165, 1.54) is 12.0 Å². The van der Waals surface area contributed by atoms with Crippen LogP contribution in [0, 0.1) is 0 Å². The van der Waals surface area contributed by atoms with E-state index < -0.39 is 17.7 Å². The van der Waals surface area contributed by atoms with E-state index in [-0.39, 0.29) is 23.3 Å². The molecule has 0 aliphatic carbocycles. The number of carbonyl (C=O) groups excluding carboxylic acids is 2. The molecule has 5 rings (SSSR count). The zero-order chi connectivity index (χ0) is 27.9. The minimum atomic E-state index is -0.814. The molecular formula is C32H32N2O5. The molecule has 1 unspecified atom stereocenters. The number of ether oxygens (including phenoxy) is 2. The van der Waals surface area contributed by atoms with Crippen LogP contribution in [0.1, 0.15) is 49.1 Å². The van der Waals surface area contributed by atoms with Gasteiger partial charge in [0.25, 0.3) is 11.7 Å². The van der Waals surface area contributed by atoms with Gasteiger partial charge in [0.1, 0.15) is 17.3 Å². The Kier molecular flexibility index (Phi) is 6.68. The highest BCUT2D eigenvalue weighted by Crippen LogP contribution is 2.44. The zero-order valence-electron chi connectivity index (χ0n) is 22.7. The molecule has 1 aliphatic heterocycles. The fraction of sp³-hybridized carbons (Fsp3) is 0.250. The van der Waals surface area contributed by atoms with E-state index in [1.807, 2.05) is 60.7 Å². The molecule has 2 N–H and O–H groups in total. The molecule has 1 aromatic heterocycles. The third-order valence-corrected chi connectivity index (χ3v) is 7.29. The zero-order valence-corrected chi connectivity index (χ0v) is 22.7. The Morgan fingerprint density at radius 3 is 2.36 bits per heavy atom. The Morgan fingerprint density at radius 2 is 1.69 bits per heavy atom. The summed E-state index contributed by atoms with van der Waals surface area (Å²) in [6.45, 7) is 6.38. The summed E-state index contributed by atoms with van der Waals surface area (Å²) in [6, 6.07) is 19.8. The lowest BCUT2D eigenvalue weighted by Gasteiger charge is -2.25. The largest absolute Gasteiger partial charge is 0.507 e. The van der Waals surface area contributed by atoms with E-state index in [0.29, 0.717) is 17.1 Å². The van der Waals surface area contributed by atoms with Crippen LogP contribution < -0.4 is 9.47 Å². The molecule has 4 aromatic rings. The number of methoxy groups -OCH3 is 2. The summed E-state index contributed by atoms with van der Waals surface area (Å²) in [5.41, 5.74) is 3.58. The van der Waals surface area contributed by atoms with Crippen LogP contribution in [0.25, 0.3) is 16.7 Å². The number of hydrogen-bond donors (Lipinski definition) is 2. The number of para-hydroxylation sites is 1. The van der Waals surface area contributed by atoms with E-state index in [2.05, 4.69) is 25.8 Å². The van der Waals surface area contributed by atoms with Gasteiger partial charge in [0.05, 0.1) is 31.4 Å². The number of aliphatic hydroxyl groups excluding tert-OH is 1. The molecule has 1 aliphatic rings. The summed E-state index contributed by atoms with van der Waals surface area (Å²) in [7, 11) is 3.11. The predicted octanol–water partition coefficient (Wildman–Crippen LogP) is 6.10. The number of nitrogens with one attached hydrogen (secondary N) is 1. The van der Waals surface area contributed by atoms with Crippen LogP contribution in [0.5, 0.6) is 11.5 Å². The molecule has 1 saturated heterocycles. The van der Waals surface area contributed by atoms with Gasteiger partial charge in [-0.25, -0.2) is 0 Å². The van der Waals surface area contributed by atoms with Gasteiger partial charge < -0.3 is 24.5 Å². The average molecular weight is 525 g/mol. The maximum Gasteiger partial charge on any atom is 0.295 e. The highest BCUT2D eigenvalue weighted by Gasteiger charge is 2.47. The van der Waals surface area contributed by atoms with Gasteiger partial charge in [0.2, 0.25) is 0 Å². The van der Waals surface area contributed by atoms with E-state index in [0.717, 1.165) is 27.6 Å². The minimum Gasteiger partial charge on any atom is -0.507 e. The highest BCUT2D eigenvalue weighted by molar-refractivity contribution is 6.46. The standard InChI is InChI=1S/C32H32N2O5/c1-32(2,3)20-12-15-26(39-5)23(16-20)29(35)27-28(24-17-33-25-9-7-6-8-22(24)25)34(31(37)30(27)36)18-19-10-13-21(38-4)14-11-19/h6-17,28,33,35H,18H2,1-5H3/b29-27+. The molecule has 0 bridgehead atoms. The summed E-state index contributed by atoms with van der Waals surface area (Å²) in [6.07, 6.45) is 1.80. The van der Waals surface area contributed by atoms with E-state index in [1.54, 1.807) is 19.4 Å². The highest BCUT2D eigenvalue weighted by atomic mass is 16.5. The number of likely N-dealkylation sites (tertiary alicyclic amines) is 1. The Morgan fingerprint density at radius 1 is 0.974 bits per heavy atom. The quantitative estimate of drug-likeness (QED) is 0.181. The van der Waals surface area contributed by atoms with E-state index in [4.69, 9.17) is 9.47 Å². The van der Waals surface area contributed by atoms with Crippen molar-refractivity contribution in [3.63, 3.8) is 0 Å². The number of H-pyrrole nitrogens is 1. The lowest BCUT2D eigenvalue weighted by molar-refractivity contribution is -0.140. The molecular weight excluding hydrogens is 492 g/mol. The van der Waals surface area contributed by atoms with Crippen molar-refractivity contribution in [1.82, 2.24) is 9.88 Å². The molecule has 1 fully saturated rings. The van der Waals surface area contributed by atoms with Crippen molar-refractivity contribution < 1.29 is 24.2 Å². The Bertz CT molecular complexity index is 1590. The molecule has 2 heterocycles. The molecule has 3 aromatic carbocycles. The van der Waals surface area contributed by atoms with Crippen molar-refractivity contribution in [2.75, 3.05) is 14.2 Å². The fourth-order valence-electron chi connectivity index (χ4n) is 5.12. The van der Waals surface area contributed by atoms with Crippen molar-refractivity contribution in [3.05, 3.63) is 101 Å². The number of benzene rings is 3. The SMILES string of the molecule is COc1ccc(CN2C(=O)C(=O)/C(=C(/O)c3cc(C(C)(C)C)ccc3OC)C2c2c[nH]c3ccccc23)cc1. The van der Waals surface area contributed by atoms with Gasteiger partial charge in [0, 0.05) is 29.2 Å². The van der Waals surface area contributed by atoms with E-state index >= 15 is 0 Å². The predicted molar refractivity (Wildman–Crippen MR) is 151 cm³/mol. The smallest absolute Gasteiger partial charge is 0.295 e. The monoisotopic (exact) mass is 524 g/mol. The molecule has 7 nitrogen and oxygen atoms in total. The first-order chi connectivity index (χ1) is 18.6. The van der Waals surface area contributed by atoms with Gasteiger partial charge in [-0.05, 0) is 46.9 Å². The number of rotatable bonds is 6. The topological polar surface area (TPSA) is 91.9 Å². The maximum absolute atomic E-state index is 13.7. The third-order valence-electron chi connectivity index (χ3n) is 7.29. The van der Waals surface area contributed by atoms with Crippen molar-refractivity contribution in [1.29, 1.82) is 0 Å². The number of carbonyl (C=O) groups is 2. The molecule has 0 radical (unpaired) electrons. The molecule has 7 heteroatoms. The van der Waals surface area contributed by atoms with Gasteiger partial charge in [-0.2, -0.15) is 0 Å². The number of fused-ring (bicyclic) bond motifs is 1. The number of nitrogens with zero attached hydrogens (tertiary/aromatic N) is 1. The van der Waals surface area contributed by atoms with Crippen LogP contribution in [0.15, 0.2) is 78.5 Å². The van der Waals surface area contributed by atoms with Crippen LogP contribution in [0.4, 0.5) is 0 Å². The Balaban J connectivity index is 1.72. The van der Waals surface area contributed by atoms with Crippen LogP contribution in [-0.2, 0) is 21.5 Å². The first-order valence-corrected chi connectivity index (χ1v) is 12.8. The second kappa shape index (κ2) is 9.98. The average Bonchev–Trinajstić information content (AvgIpc) is 3.46. The first-order valence-electron chi connectivity index (χ1n) is 12.8. The third kappa shape index (κ3) is 4.65. The fourth-order valence-corrected chi connectivity index (χ4v) is 5.12. The summed E-state index contributed by atoms with van der Waals surface area (Å²) < 4.78 is 10.8. The van der Waals surface area contributed by atoms with Crippen molar-refractivity contribution >= 4 is 28.4 Å². The number of Topliss-reactive ketones (excluding diaryl/α,β-unsaturated/α-hetero) is 1. The number of hydrogen-bond acceptors (Lipinski definition) is 5. The molecule has 0 saturated carbocycles. The van der Waals surface area contributed by atoms with Crippen molar-refractivity contribution in [3.8, 4) is 11.5 Å². The van der Waals surface area contributed by atoms with Gasteiger partial charge in [-0.1, -0.05) is 57.2 Å². The maximum atomic E-state index is 13.7. The number of aliphatic hydroxyl groups is 1. The van der Waals surface area contributed by atoms with Crippen molar-refractivity contribution in [2.24, 2.45) is 0 Å². The number of ketones is 1. The molecule has 39 heavy (non-hydrogen) atoms. The van der Waals surface area contributed by atoms with Gasteiger partial charge in [-0.15, -0.1) is 0 Å². The van der Waals surface area contributed by atoms with Crippen LogP contribution in [0.2, 0.25) is 0 Å². The summed E-state index contributed by atoms with van der Waals surface area (Å²) in [5.74, 6) is -0.559. The second-order valence-electron chi connectivity index (χ2n) is 10.7. The molecule has 200 valence electrons. The normalized spacial score (nSPS) is 17.2. The molecule has 0 spiro atoms. The second-order valence-corrected chi connectivity index (χ2v) is 10.7. The van der Waals surface area contributed by atoms with E-state index in [9.17, 15) is 14.7 Å². The summed E-state index contributed by atoms with van der Waals surface area (Å²) in [4.78, 5) is 32.0. The lowest BCUT2D eigenvalue weighted by Crippen LogP contribution is -2.29. The number of aromatic amines is 1. The number of amides is 1. The summed E-state index contributed by atoms with van der Waals surface area (Å²) in [5, 5.41) is 12.6. The van der Waals surface area contributed by atoms with Gasteiger partial charge >= 0.3 is 0 Å². The Hall–Kier alpha value is -4.52. The first kappa shape index (κ1) is 26.1. The van der Waals surface area contributed by atoms with Crippen LogP contribution in [0.3, 0.4) is 0 Å². The number of aromatic nitrogens is 1. The summed E-state index contributed by atoms with van der Waals surface area (Å²) >= 11 is 0. The van der Waals surface area contributed by atoms with Crippen LogP contribution >= 0.6 is 0 Å². The molecule has 1 amide bonds. The Labute approximate surface area is 227 Å². The molecule has 1 atom stereocenters. The van der Waals surface area contributed by atoms with Crippen LogP contribution in [-0.4, -0.2) is 40.9 Å². The lowest BCUT2D eigenvalue weighted by atomic mass is 9.85. The van der Waals surface area contributed by atoms with Gasteiger partial charge in [0.15, 0.2) is 0 Å².